The van der Waals surface area contributed by atoms with Gasteiger partial charge < -0.3 is 14.5 Å². The van der Waals surface area contributed by atoms with Crippen molar-refractivity contribution < 1.29 is 4.79 Å². The van der Waals surface area contributed by atoms with Gasteiger partial charge in [-0.3, -0.25) is 4.79 Å². The molecule has 6 heteroatoms. The molecule has 0 atom stereocenters. The zero-order valence-electron chi connectivity index (χ0n) is 12.4. The third kappa shape index (κ3) is 3.15. The van der Waals surface area contributed by atoms with Gasteiger partial charge in [-0.2, -0.15) is 0 Å². The van der Waals surface area contributed by atoms with Gasteiger partial charge in [0.1, 0.15) is 17.5 Å². The summed E-state index contributed by atoms with van der Waals surface area (Å²) in [4.78, 5) is 20.6. The van der Waals surface area contributed by atoms with Gasteiger partial charge in [0.05, 0.1) is 6.20 Å². The van der Waals surface area contributed by atoms with E-state index in [-0.39, 0.29) is 5.91 Å². The number of imidazole rings is 2. The van der Waals surface area contributed by atoms with Crippen LogP contribution in [0.2, 0.25) is 0 Å². The van der Waals surface area contributed by atoms with Crippen LogP contribution in [-0.2, 0) is 24.3 Å². The Morgan fingerprint density at radius 3 is 3.10 bits per heavy atom. The molecule has 0 aromatic carbocycles. The maximum absolute atomic E-state index is 12.0. The van der Waals surface area contributed by atoms with Crippen molar-refractivity contribution in [3.05, 3.63) is 30.2 Å². The first-order chi connectivity index (χ1) is 10.2. The molecule has 3 heterocycles. The second kappa shape index (κ2) is 6.11. The summed E-state index contributed by atoms with van der Waals surface area (Å²) in [7, 11) is 0. The van der Waals surface area contributed by atoms with Gasteiger partial charge in [-0.15, -0.1) is 0 Å². The summed E-state index contributed by atoms with van der Waals surface area (Å²) < 4.78 is 4.19. The van der Waals surface area contributed by atoms with Crippen molar-refractivity contribution >= 4 is 11.7 Å². The number of hydrogen-bond acceptors (Lipinski definition) is 3. The van der Waals surface area contributed by atoms with Crippen LogP contribution in [0.4, 0.5) is 5.82 Å². The SMILES string of the molecule is Cc1nccn1CCCC(=O)Nc1cnc2n1CCCC2. The number of anilines is 1. The Labute approximate surface area is 124 Å². The third-order valence-corrected chi connectivity index (χ3v) is 3.96. The Bertz CT molecular complexity index is 628. The predicted molar refractivity (Wildman–Crippen MR) is 80.0 cm³/mol. The topological polar surface area (TPSA) is 64.7 Å². The van der Waals surface area contributed by atoms with Crippen molar-refractivity contribution in [2.45, 2.75) is 52.1 Å². The lowest BCUT2D eigenvalue weighted by atomic mass is 10.2. The number of fused-ring (bicyclic) bond motifs is 1. The van der Waals surface area contributed by atoms with Crippen molar-refractivity contribution in [3.63, 3.8) is 0 Å². The lowest BCUT2D eigenvalue weighted by Crippen LogP contribution is -2.18. The molecule has 1 aliphatic rings. The second-order valence-electron chi connectivity index (χ2n) is 5.49. The lowest BCUT2D eigenvalue weighted by molar-refractivity contribution is -0.116. The van der Waals surface area contributed by atoms with Gasteiger partial charge in [0.25, 0.3) is 0 Å². The molecule has 0 saturated carbocycles. The van der Waals surface area contributed by atoms with E-state index in [1.54, 1.807) is 12.4 Å². The van der Waals surface area contributed by atoms with E-state index >= 15 is 0 Å². The number of amides is 1. The second-order valence-corrected chi connectivity index (χ2v) is 5.49. The molecule has 0 aliphatic carbocycles. The van der Waals surface area contributed by atoms with Crippen molar-refractivity contribution in [1.82, 2.24) is 19.1 Å². The van der Waals surface area contributed by atoms with Crippen LogP contribution < -0.4 is 5.32 Å². The van der Waals surface area contributed by atoms with Crippen LogP contribution >= 0.6 is 0 Å². The van der Waals surface area contributed by atoms with Crippen LogP contribution in [0.1, 0.15) is 37.3 Å². The molecule has 2 aromatic heterocycles. The van der Waals surface area contributed by atoms with Gasteiger partial charge in [0, 0.05) is 38.3 Å². The summed E-state index contributed by atoms with van der Waals surface area (Å²) in [6.07, 6.45) is 10.2. The van der Waals surface area contributed by atoms with Crippen LogP contribution in [0.5, 0.6) is 0 Å². The molecule has 21 heavy (non-hydrogen) atoms. The fourth-order valence-corrected chi connectivity index (χ4v) is 2.77. The van der Waals surface area contributed by atoms with Crippen LogP contribution in [0.3, 0.4) is 0 Å². The van der Waals surface area contributed by atoms with E-state index in [9.17, 15) is 4.79 Å². The smallest absolute Gasteiger partial charge is 0.225 e. The summed E-state index contributed by atoms with van der Waals surface area (Å²) in [5.74, 6) is 2.97. The highest BCUT2D eigenvalue weighted by Crippen LogP contribution is 2.19. The first kappa shape index (κ1) is 13.9. The minimum absolute atomic E-state index is 0.0565. The fourth-order valence-electron chi connectivity index (χ4n) is 2.77. The maximum Gasteiger partial charge on any atom is 0.225 e. The summed E-state index contributed by atoms with van der Waals surface area (Å²) in [5.41, 5.74) is 0. The van der Waals surface area contributed by atoms with Gasteiger partial charge in [0.15, 0.2) is 0 Å². The zero-order chi connectivity index (χ0) is 14.7. The Morgan fingerprint density at radius 1 is 1.38 bits per heavy atom. The average molecular weight is 287 g/mol. The molecule has 0 saturated heterocycles. The highest BCUT2D eigenvalue weighted by molar-refractivity contribution is 5.89. The maximum atomic E-state index is 12.0. The molecule has 0 unspecified atom stereocenters. The molecular formula is C15H21N5O. The van der Waals surface area contributed by atoms with E-state index in [4.69, 9.17) is 0 Å². The van der Waals surface area contributed by atoms with E-state index in [1.165, 1.54) is 6.42 Å². The number of nitrogens with zero attached hydrogens (tertiary/aromatic N) is 4. The molecule has 0 bridgehead atoms. The predicted octanol–water partition coefficient (Wildman–Crippen LogP) is 2.14. The minimum atomic E-state index is 0.0565. The summed E-state index contributed by atoms with van der Waals surface area (Å²) in [5, 5.41) is 2.98. The monoisotopic (exact) mass is 287 g/mol. The summed E-state index contributed by atoms with van der Waals surface area (Å²) in [6, 6.07) is 0. The number of carbonyl (C=O) groups is 1. The molecule has 1 N–H and O–H groups in total. The van der Waals surface area contributed by atoms with E-state index in [0.29, 0.717) is 6.42 Å². The number of nitrogens with one attached hydrogen (secondary N) is 1. The van der Waals surface area contributed by atoms with Crippen LogP contribution in [0, 0.1) is 6.92 Å². The largest absolute Gasteiger partial charge is 0.335 e. The van der Waals surface area contributed by atoms with E-state index in [1.807, 2.05) is 13.1 Å². The zero-order valence-corrected chi connectivity index (χ0v) is 12.4. The minimum Gasteiger partial charge on any atom is -0.335 e. The van der Waals surface area contributed by atoms with Gasteiger partial charge in [-0.25, -0.2) is 9.97 Å². The molecular weight excluding hydrogens is 266 g/mol. The Balaban J connectivity index is 1.50. The van der Waals surface area contributed by atoms with Gasteiger partial charge in [-0.1, -0.05) is 0 Å². The fraction of sp³-hybridized carbons (Fsp3) is 0.533. The standard InChI is InChI=1S/C15H21N5O/c1-12-16-7-10-19(12)8-4-6-15(21)18-14-11-17-13-5-2-3-9-20(13)14/h7,10-11H,2-6,8-9H2,1H3,(H,18,21). The molecule has 1 amide bonds. The van der Waals surface area contributed by atoms with Gasteiger partial charge >= 0.3 is 0 Å². The molecule has 1 aliphatic heterocycles. The Kier molecular flexibility index (Phi) is 4.03. The van der Waals surface area contributed by atoms with Crippen LogP contribution in [-0.4, -0.2) is 25.0 Å². The van der Waals surface area contributed by atoms with Gasteiger partial charge in [-0.05, 0) is 26.2 Å². The Hall–Kier alpha value is -2.11. The third-order valence-electron chi connectivity index (χ3n) is 3.96. The van der Waals surface area contributed by atoms with Crippen molar-refractivity contribution in [2.75, 3.05) is 5.32 Å². The van der Waals surface area contributed by atoms with E-state index in [0.717, 1.165) is 49.8 Å². The summed E-state index contributed by atoms with van der Waals surface area (Å²) in [6.45, 7) is 3.75. The highest BCUT2D eigenvalue weighted by atomic mass is 16.1. The molecule has 6 nitrogen and oxygen atoms in total. The number of hydrogen-bond donors (Lipinski definition) is 1. The van der Waals surface area contributed by atoms with Crippen molar-refractivity contribution in [3.8, 4) is 0 Å². The molecule has 0 radical (unpaired) electrons. The number of aryl methyl sites for hydroxylation is 3. The normalized spacial score (nSPS) is 14.0. The molecule has 112 valence electrons. The first-order valence-electron chi connectivity index (χ1n) is 7.56. The number of carbonyl (C=O) groups excluding carboxylic acids is 1. The lowest BCUT2D eigenvalue weighted by Gasteiger charge is -2.16. The highest BCUT2D eigenvalue weighted by Gasteiger charge is 2.15. The molecule has 0 fully saturated rings. The molecule has 0 spiro atoms. The van der Waals surface area contributed by atoms with Crippen LogP contribution in [0.25, 0.3) is 0 Å². The van der Waals surface area contributed by atoms with E-state index in [2.05, 4.69) is 24.4 Å². The molecule has 3 rings (SSSR count). The van der Waals surface area contributed by atoms with Crippen molar-refractivity contribution in [1.29, 1.82) is 0 Å². The van der Waals surface area contributed by atoms with Crippen LogP contribution in [0.15, 0.2) is 18.6 Å². The van der Waals surface area contributed by atoms with Crippen molar-refractivity contribution in [2.24, 2.45) is 0 Å². The molecule has 2 aromatic rings. The summed E-state index contributed by atoms with van der Waals surface area (Å²) >= 11 is 0. The Morgan fingerprint density at radius 2 is 2.29 bits per heavy atom. The number of rotatable bonds is 5. The average Bonchev–Trinajstić information content (AvgIpc) is 3.07. The van der Waals surface area contributed by atoms with Gasteiger partial charge in [0.2, 0.25) is 5.91 Å². The number of aromatic nitrogens is 4. The first-order valence-corrected chi connectivity index (χ1v) is 7.56. The van der Waals surface area contributed by atoms with E-state index < -0.39 is 0 Å². The quantitative estimate of drug-likeness (QED) is 0.916.